The molecule has 0 radical (unpaired) electrons. The third-order valence-corrected chi connectivity index (χ3v) is 8.69. The SMILES string of the molecule is C=CCOC(=O)N1C[C@@H](SC2=C(C(=O)O)N3C(=O)[C@H]([C@@H](C)O)[C@H]3[C@H]2C)C[C@H]1CCn1ccc[n+]1C.O=S(=O)([O-])F. The largest absolute Gasteiger partial charge is 0.722 e. The summed E-state index contributed by atoms with van der Waals surface area (Å²) < 4.78 is 44.7. The number of β-lactam (4-membered cyclic amide) rings is 1. The summed E-state index contributed by atoms with van der Waals surface area (Å²) in [5.74, 6) is -2.29. The molecule has 2 saturated heterocycles. The van der Waals surface area contributed by atoms with Crippen LogP contribution in [0, 0.1) is 11.8 Å². The van der Waals surface area contributed by atoms with E-state index in [1.165, 1.54) is 22.7 Å². The summed E-state index contributed by atoms with van der Waals surface area (Å²) in [4.78, 5) is 41.2. The molecule has 0 unspecified atom stereocenters. The molecular weight excluding hydrogens is 571 g/mol. The lowest BCUT2D eigenvalue weighted by Gasteiger charge is -2.46. The van der Waals surface area contributed by atoms with Crippen LogP contribution in [0.3, 0.4) is 0 Å². The van der Waals surface area contributed by atoms with Gasteiger partial charge in [-0.2, -0.15) is 4.68 Å². The van der Waals surface area contributed by atoms with E-state index in [4.69, 9.17) is 17.7 Å². The number of fused-ring (bicyclic) bond motifs is 1. The number of aliphatic hydroxyl groups excluding tert-OH is 1. The lowest BCUT2D eigenvalue weighted by atomic mass is 9.79. The number of thioether (sulfide) groups is 1. The van der Waals surface area contributed by atoms with Crippen molar-refractivity contribution < 1.29 is 50.9 Å². The number of carboxylic acid groups (broad SMARTS) is 1. The zero-order valence-electron chi connectivity index (χ0n) is 22.3. The van der Waals surface area contributed by atoms with E-state index < -0.39 is 34.6 Å². The van der Waals surface area contributed by atoms with Crippen LogP contribution in [0.5, 0.6) is 0 Å². The molecule has 3 aliphatic heterocycles. The minimum Gasteiger partial charge on any atom is -0.722 e. The van der Waals surface area contributed by atoms with Crippen molar-refractivity contribution in [3.63, 3.8) is 0 Å². The van der Waals surface area contributed by atoms with Gasteiger partial charge in [0.25, 0.3) is 10.5 Å². The number of nitrogens with zero attached hydrogens (tertiary/aromatic N) is 4. The molecule has 0 aromatic carbocycles. The van der Waals surface area contributed by atoms with Crippen LogP contribution in [0.2, 0.25) is 0 Å². The number of likely N-dealkylation sites (tertiary alicyclic amines) is 1. The number of aryl methyl sites for hydroxylation is 2. The summed E-state index contributed by atoms with van der Waals surface area (Å²) >= 11 is 1.44. The van der Waals surface area contributed by atoms with Crippen LogP contribution < -0.4 is 4.68 Å². The number of carbonyl (C=O) groups excluding carboxylic acids is 2. The standard InChI is InChI=1S/C24H32N4O6S.FHO3S/c1-5-11-34-24(33)27-13-17(12-16(27)7-10-26-9-6-8-25(26)4)35-21-14(2)19-18(15(3)29)22(30)28(19)20(21)23(31)32;1-5(2,3)4/h5-6,8-9,14-19,29H,1,7,10-13H2,2-4H3;(H,2,3,4)/t14-,15-,16-,17+,18-,19-;/m1./s1. The second-order valence-electron chi connectivity index (χ2n) is 9.83. The van der Waals surface area contributed by atoms with Gasteiger partial charge >= 0.3 is 12.1 Å². The van der Waals surface area contributed by atoms with Crippen LogP contribution in [0.4, 0.5) is 8.68 Å². The van der Waals surface area contributed by atoms with E-state index >= 15 is 0 Å². The van der Waals surface area contributed by atoms with Crippen molar-refractivity contribution in [1.29, 1.82) is 0 Å². The summed E-state index contributed by atoms with van der Waals surface area (Å²) in [5.41, 5.74) is 0.0120. The van der Waals surface area contributed by atoms with Gasteiger partial charge in [-0.3, -0.25) is 4.79 Å². The summed E-state index contributed by atoms with van der Waals surface area (Å²) in [5, 5.41) is 19.9. The van der Waals surface area contributed by atoms with Gasteiger partial charge in [-0.15, -0.1) is 20.3 Å². The third kappa shape index (κ3) is 7.03. The Morgan fingerprint density at radius 3 is 2.60 bits per heavy atom. The van der Waals surface area contributed by atoms with E-state index in [-0.39, 0.29) is 41.5 Å². The number of aliphatic hydroxyl groups is 1. The first kappa shape index (κ1) is 31.6. The van der Waals surface area contributed by atoms with Gasteiger partial charge in [-0.05, 0) is 19.8 Å². The number of rotatable bonds is 9. The summed E-state index contributed by atoms with van der Waals surface area (Å²) in [6.45, 7) is 8.34. The van der Waals surface area contributed by atoms with E-state index in [1.54, 1.807) is 11.8 Å². The smallest absolute Gasteiger partial charge is 0.410 e. The number of hydrogen-bond donors (Lipinski definition) is 2. The van der Waals surface area contributed by atoms with Crippen LogP contribution in [-0.4, -0.2) is 92.2 Å². The average Bonchev–Trinajstić information content (AvgIpc) is 3.50. The summed E-state index contributed by atoms with van der Waals surface area (Å²) in [7, 11) is -3.46. The van der Waals surface area contributed by atoms with E-state index in [2.05, 4.69) is 11.3 Å². The highest BCUT2D eigenvalue weighted by Crippen LogP contribution is 2.52. The highest BCUT2D eigenvalue weighted by atomic mass is 32.3. The Balaban J connectivity index is 0.000000810. The fourth-order valence-corrected chi connectivity index (χ4v) is 7.06. The normalized spacial score (nSPS) is 26.6. The molecule has 2 amide bonds. The number of amides is 2. The predicted molar refractivity (Wildman–Crippen MR) is 139 cm³/mol. The maximum absolute atomic E-state index is 12.8. The molecular formula is C24H33FN4O9S2. The molecule has 1 aromatic rings. The molecule has 2 fully saturated rings. The van der Waals surface area contributed by atoms with Gasteiger partial charge < -0.3 is 29.3 Å². The fraction of sp³-hybridized carbons (Fsp3) is 0.583. The topological polar surface area (TPSA) is 173 Å². The molecule has 13 nitrogen and oxygen atoms in total. The van der Waals surface area contributed by atoms with Crippen LogP contribution >= 0.6 is 11.8 Å². The number of aromatic nitrogens is 2. The molecule has 222 valence electrons. The van der Waals surface area contributed by atoms with Gasteiger partial charge in [-0.1, -0.05) is 19.6 Å². The van der Waals surface area contributed by atoms with Crippen molar-refractivity contribution in [1.82, 2.24) is 14.5 Å². The van der Waals surface area contributed by atoms with Gasteiger partial charge in [0.05, 0.1) is 30.8 Å². The maximum Gasteiger partial charge on any atom is 0.410 e. The second-order valence-corrected chi connectivity index (χ2v) is 12.0. The first-order valence-corrected chi connectivity index (χ1v) is 14.7. The molecule has 4 heterocycles. The Labute approximate surface area is 235 Å². The molecule has 2 N–H and O–H groups in total. The van der Waals surface area contributed by atoms with Crippen LogP contribution in [0.15, 0.2) is 41.7 Å². The van der Waals surface area contributed by atoms with Crippen molar-refractivity contribution in [2.24, 2.45) is 18.9 Å². The van der Waals surface area contributed by atoms with Crippen LogP contribution in [0.1, 0.15) is 26.7 Å². The average molecular weight is 605 g/mol. The minimum atomic E-state index is -5.42. The zero-order chi connectivity index (χ0) is 29.9. The molecule has 0 spiro atoms. The zero-order valence-corrected chi connectivity index (χ0v) is 23.9. The van der Waals surface area contributed by atoms with E-state index in [1.807, 2.05) is 37.1 Å². The van der Waals surface area contributed by atoms with E-state index in [9.17, 15) is 28.5 Å². The number of ether oxygens (including phenoxy) is 1. The number of halogens is 1. The molecule has 16 heteroatoms. The van der Waals surface area contributed by atoms with Crippen molar-refractivity contribution in [3.05, 3.63) is 41.7 Å². The molecule has 4 rings (SSSR count). The highest BCUT2D eigenvalue weighted by Gasteiger charge is 2.60. The van der Waals surface area contributed by atoms with Crippen molar-refractivity contribution >= 4 is 40.2 Å². The van der Waals surface area contributed by atoms with E-state index in [0.717, 1.165) is 13.0 Å². The number of aliphatic carboxylic acids is 1. The maximum atomic E-state index is 12.8. The molecule has 1 aromatic heterocycles. The highest BCUT2D eigenvalue weighted by molar-refractivity contribution is 8.03. The minimum absolute atomic E-state index is 0.0120. The number of carboxylic acids is 1. The van der Waals surface area contributed by atoms with Crippen LogP contribution in [0.25, 0.3) is 0 Å². The number of carbonyl (C=O) groups is 3. The first-order valence-electron chi connectivity index (χ1n) is 12.5. The molecule has 6 atom stereocenters. The van der Waals surface area contributed by atoms with Gasteiger partial charge in [-0.25, -0.2) is 18.0 Å². The van der Waals surface area contributed by atoms with Gasteiger partial charge in [0, 0.05) is 34.7 Å². The van der Waals surface area contributed by atoms with Gasteiger partial charge in [0.15, 0.2) is 13.2 Å². The predicted octanol–water partition coefficient (Wildman–Crippen LogP) is 0.771. The quantitative estimate of drug-likeness (QED) is 0.135. The van der Waals surface area contributed by atoms with Crippen molar-refractivity contribution in [2.45, 2.75) is 56.7 Å². The van der Waals surface area contributed by atoms with Gasteiger partial charge in [0.1, 0.15) is 12.3 Å². The van der Waals surface area contributed by atoms with E-state index in [0.29, 0.717) is 17.9 Å². The summed E-state index contributed by atoms with van der Waals surface area (Å²) in [6, 6.07) is 1.54. The molecule has 0 saturated carbocycles. The Bertz CT molecular complexity index is 1270. The van der Waals surface area contributed by atoms with Crippen LogP contribution in [-0.2, 0) is 38.4 Å². The molecule has 0 bridgehead atoms. The fourth-order valence-electron chi connectivity index (χ4n) is 5.49. The monoisotopic (exact) mass is 604 g/mol. The lowest BCUT2D eigenvalue weighted by molar-refractivity contribution is -0.753. The molecule has 40 heavy (non-hydrogen) atoms. The van der Waals surface area contributed by atoms with Gasteiger partial charge in [0.2, 0.25) is 5.91 Å². The summed E-state index contributed by atoms with van der Waals surface area (Å²) in [6.07, 6.45) is 5.61. The molecule has 0 aliphatic carbocycles. The Morgan fingerprint density at radius 1 is 1.43 bits per heavy atom. The first-order chi connectivity index (χ1) is 18.6. The second kappa shape index (κ2) is 12.7. The number of hydrogen-bond acceptors (Lipinski definition) is 9. The van der Waals surface area contributed by atoms with Crippen molar-refractivity contribution in [3.8, 4) is 0 Å². The Morgan fingerprint density at radius 2 is 2.08 bits per heavy atom. The Hall–Kier alpha value is -2.95. The lowest BCUT2D eigenvalue weighted by Crippen LogP contribution is -2.63. The molecule has 3 aliphatic rings. The Kier molecular flexibility index (Phi) is 10.0. The van der Waals surface area contributed by atoms with Crippen molar-refractivity contribution in [2.75, 3.05) is 13.2 Å². The third-order valence-electron chi connectivity index (χ3n) is 7.20.